The molecule has 2 heterocycles. The quantitative estimate of drug-likeness (QED) is 0.259. The molecule has 49 heavy (non-hydrogen) atoms. The molecular weight excluding hydrogens is 627 g/mol. The van der Waals surface area contributed by atoms with Crippen molar-refractivity contribution < 1.29 is 19.4 Å². The minimum absolute atomic E-state index is 0.0150. The third-order valence-electron chi connectivity index (χ3n) is 17.3. The van der Waals surface area contributed by atoms with E-state index in [4.69, 9.17) is 4.74 Å². The molecule has 1 aromatic carbocycles. The molecule has 1 aliphatic heterocycles. The van der Waals surface area contributed by atoms with Crippen molar-refractivity contribution in [2.45, 2.75) is 109 Å². The predicted molar refractivity (Wildman–Crippen MR) is 191 cm³/mol. The van der Waals surface area contributed by atoms with E-state index < -0.39 is 11.0 Å². The lowest BCUT2D eigenvalue weighted by Crippen LogP contribution is -2.67. The van der Waals surface area contributed by atoms with Gasteiger partial charge in [-0.05, 0) is 141 Å². The van der Waals surface area contributed by atoms with Crippen LogP contribution in [0.25, 0.3) is 10.1 Å². The maximum atomic E-state index is 15.1. The summed E-state index contributed by atoms with van der Waals surface area (Å²) in [6.45, 7) is 6.51. The standard InChI is InChI=1S/C43H51NO4S/c1-38-10-7-30(45)22-41(38)13-14-43(31(23-41)36(46)33-18-29-5-3-4-6-32(29)49-33)34(38)8-11-39(2)35(43)9-12-42(39)25-44(37(47)48-42)24-40-19-26-15-27(20-40)17-28(16-26)21-40/h3-6,13-14,18,23,26-28,30,34-35,45H,7-12,15-17,19-22,24-25H2,1-2H3/t26?,27?,28?,30-,34+,35+,38+,39-,40?,41-,42+,43-/m0/s1. The first-order valence-electron chi connectivity index (χ1n) is 19.6. The van der Waals surface area contributed by atoms with Gasteiger partial charge in [-0.1, -0.05) is 50.3 Å². The Labute approximate surface area is 294 Å². The van der Waals surface area contributed by atoms with Gasteiger partial charge in [0.1, 0.15) is 5.60 Å². The molecule has 1 amide bonds. The number of fused-ring (bicyclic) bond motifs is 3. The highest BCUT2D eigenvalue weighted by Gasteiger charge is 2.76. The number of benzene rings is 1. The lowest BCUT2D eigenvalue weighted by atomic mass is 9.32. The fourth-order valence-corrected chi connectivity index (χ4v) is 16.6. The van der Waals surface area contributed by atoms with Gasteiger partial charge in [0, 0.05) is 33.1 Å². The van der Waals surface area contributed by atoms with Crippen molar-refractivity contribution in [1.82, 2.24) is 4.90 Å². The van der Waals surface area contributed by atoms with Crippen LogP contribution in [0.5, 0.6) is 0 Å². The molecule has 258 valence electrons. The second kappa shape index (κ2) is 9.50. The average Bonchev–Trinajstić information content (AvgIpc) is 3.72. The first-order valence-corrected chi connectivity index (χ1v) is 20.4. The Morgan fingerprint density at radius 3 is 2.37 bits per heavy atom. The van der Waals surface area contributed by atoms with Crippen LogP contribution in [0.2, 0.25) is 0 Å². The van der Waals surface area contributed by atoms with Crippen molar-refractivity contribution in [2.75, 3.05) is 13.1 Å². The highest BCUT2D eigenvalue weighted by Crippen LogP contribution is 2.79. The number of hydrogen-bond donors (Lipinski definition) is 1. The van der Waals surface area contributed by atoms with Crippen molar-refractivity contribution in [2.24, 2.45) is 56.7 Å². The molecule has 8 fully saturated rings. The molecule has 13 rings (SSSR count). The smallest absolute Gasteiger partial charge is 0.410 e. The molecule has 1 N–H and O–H groups in total. The van der Waals surface area contributed by atoms with Gasteiger partial charge in [0.2, 0.25) is 0 Å². The van der Waals surface area contributed by atoms with Gasteiger partial charge in [0.15, 0.2) is 5.78 Å². The summed E-state index contributed by atoms with van der Waals surface area (Å²) < 4.78 is 7.93. The number of aliphatic hydroxyl groups excluding tert-OH is 1. The molecule has 6 bridgehead atoms. The fourth-order valence-electron chi connectivity index (χ4n) is 15.6. The Balaban J connectivity index is 0.987. The maximum Gasteiger partial charge on any atom is 0.410 e. The lowest BCUT2D eigenvalue weighted by molar-refractivity contribution is -0.164. The number of aliphatic hydroxyl groups is 1. The fraction of sp³-hybridized carbons (Fsp3) is 0.674. The molecule has 8 atom stereocenters. The normalized spacial score (nSPS) is 50.1. The van der Waals surface area contributed by atoms with Crippen LogP contribution < -0.4 is 0 Å². The zero-order valence-electron chi connectivity index (χ0n) is 29.2. The molecule has 0 unspecified atom stereocenters. The summed E-state index contributed by atoms with van der Waals surface area (Å²) in [7, 11) is 0. The van der Waals surface area contributed by atoms with Gasteiger partial charge in [0.05, 0.1) is 17.5 Å². The second-order valence-electron chi connectivity index (χ2n) is 19.4. The summed E-state index contributed by atoms with van der Waals surface area (Å²) in [5.74, 6) is 3.31. The van der Waals surface area contributed by atoms with Crippen molar-refractivity contribution in [1.29, 1.82) is 0 Å². The number of allylic oxidation sites excluding steroid dienone is 4. The number of thiophene rings is 1. The molecule has 11 aliphatic rings. The summed E-state index contributed by atoms with van der Waals surface area (Å²) in [6.07, 6.45) is 21.4. The van der Waals surface area contributed by atoms with Crippen LogP contribution in [-0.4, -0.2) is 46.7 Å². The zero-order valence-corrected chi connectivity index (χ0v) is 30.0. The first-order chi connectivity index (χ1) is 23.5. The third kappa shape index (κ3) is 3.67. The Bertz CT molecular complexity index is 1810. The summed E-state index contributed by atoms with van der Waals surface area (Å²) in [5, 5.41) is 12.2. The molecule has 1 aromatic heterocycles. The Morgan fingerprint density at radius 2 is 1.61 bits per heavy atom. The number of ether oxygens (including phenoxy) is 1. The Kier molecular flexibility index (Phi) is 5.86. The highest BCUT2D eigenvalue weighted by atomic mass is 32.1. The van der Waals surface area contributed by atoms with E-state index in [9.17, 15) is 9.90 Å². The summed E-state index contributed by atoms with van der Waals surface area (Å²) in [4.78, 5) is 32.1. The van der Waals surface area contributed by atoms with Crippen molar-refractivity contribution >= 4 is 33.3 Å². The van der Waals surface area contributed by atoms with E-state index in [1.54, 1.807) is 11.3 Å². The van der Waals surface area contributed by atoms with Gasteiger partial charge in [-0.3, -0.25) is 4.79 Å². The van der Waals surface area contributed by atoms with E-state index in [-0.39, 0.29) is 40.1 Å². The van der Waals surface area contributed by atoms with Crippen molar-refractivity contribution in [3.8, 4) is 0 Å². The van der Waals surface area contributed by atoms with Gasteiger partial charge in [-0.2, -0.15) is 0 Å². The molecule has 10 aliphatic carbocycles. The van der Waals surface area contributed by atoms with Crippen LogP contribution in [0.15, 0.2) is 54.1 Å². The van der Waals surface area contributed by atoms with Crippen LogP contribution in [0.1, 0.15) is 107 Å². The molecule has 1 saturated heterocycles. The number of hydrogen-bond acceptors (Lipinski definition) is 5. The third-order valence-corrected chi connectivity index (χ3v) is 18.4. The van der Waals surface area contributed by atoms with Gasteiger partial charge in [0.25, 0.3) is 0 Å². The number of ketones is 1. The monoisotopic (exact) mass is 677 g/mol. The maximum absolute atomic E-state index is 15.1. The lowest BCUT2D eigenvalue weighted by Gasteiger charge is -2.71. The predicted octanol–water partition coefficient (Wildman–Crippen LogP) is 9.35. The van der Waals surface area contributed by atoms with Crippen LogP contribution in [0, 0.1) is 56.7 Å². The summed E-state index contributed by atoms with van der Waals surface area (Å²) in [6, 6.07) is 10.4. The molecular formula is C43H51NO4S. The van der Waals surface area contributed by atoms with Crippen molar-refractivity contribution in [3.05, 3.63) is 59.0 Å². The average molecular weight is 678 g/mol. The summed E-state index contributed by atoms with van der Waals surface area (Å²) >= 11 is 1.62. The Hall–Kier alpha value is -2.44. The molecule has 5 nitrogen and oxygen atoms in total. The first kappa shape index (κ1) is 30.2. The van der Waals surface area contributed by atoms with Crippen LogP contribution >= 0.6 is 11.3 Å². The number of nitrogens with zero attached hydrogens (tertiary/aromatic N) is 1. The van der Waals surface area contributed by atoms with E-state index in [1.165, 1.54) is 38.5 Å². The van der Waals surface area contributed by atoms with E-state index in [0.717, 1.165) is 83.4 Å². The topological polar surface area (TPSA) is 66.8 Å². The van der Waals surface area contributed by atoms with Gasteiger partial charge < -0.3 is 14.7 Å². The molecule has 3 spiro atoms. The molecule has 6 heteroatoms. The minimum Gasteiger partial charge on any atom is -0.440 e. The van der Waals surface area contributed by atoms with Gasteiger partial charge in [-0.15, -0.1) is 11.3 Å². The van der Waals surface area contributed by atoms with Gasteiger partial charge in [-0.25, -0.2) is 4.79 Å². The van der Waals surface area contributed by atoms with E-state index in [0.29, 0.717) is 24.3 Å². The number of Topliss-reactive ketones (excluding diaryl/α,β-unsaturated/α-hetero) is 1. The number of amides is 1. The summed E-state index contributed by atoms with van der Waals surface area (Å²) in [5.41, 5.74) is -0.188. The van der Waals surface area contributed by atoms with Crippen LogP contribution in [0.4, 0.5) is 4.79 Å². The zero-order chi connectivity index (χ0) is 33.2. The van der Waals surface area contributed by atoms with E-state index in [2.05, 4.69) is 67.3 Å². The number of carbonyl (C=O) groups is 2. The van der Waals surface area contributed by atoms with E-state index >= 15 is 4.79 Å². The number of rotatable bonds is 4. The largest absolute Gasteiger partial charge is 0.440 e. The SMILES string of the molecule is C[C@]12CC[C@H]3[C@@]4(C=C[C@@]5(C=C4C(=O)c4cc6ccccc6s4)C[C@@H](O)CC[C@]35C)[C@@H]1CC[C@@]21CN(CC23CC4CC(CC(C4)C2)C3)C(=O)O1. The highest BCUT2D eigenvalue weighted by molar-refractivity contribution is 7.21. The van der Waals surface area contributed by atoms with Gasteiger partial charge >= 0.3 is 6.09 Å². The number of carbonyl (C=O) groups excluding carboxylic acids is 2. The minimum atomic E-state index is -0.508. The van der Waals surface area contributed by atoms with E-state index in [1.807, 2.05) is 0 Å². The molecule has 7 saturated carbocycles. The Morgan fingerprint density at radius 1 is 0.918 bits per heavy atom. The second-order valence-corrected chi connectivity index (χ2v) is 20.5. The molecule has 0 radical (unpaired) electrons. The van der Waals surface area contributed by atoms with Crippen molar-refractivity contribution in [3.63, 3.8) is 0 Å². The van der Waals surface area contributed by atoms with Crippen LogP contribution in [-0.2, 0) is 4.74 Å². The van der Waals surface area contributed by atoms with Crippen LogP contribution in [0.3, 0.4) is 0 Å². The molecule has 2 aromatic rings.